The number of benzene rings is 1. The average molecular weight is 415 g/mol. The number of hydrogen-bond acceptors (Lipinski definition) is 7. The Morgan fingerprint density at radius 3 is 2.33 bits per heavy atom. The number of nitrogens with one attached hydrogen (secondary N) is 2. The molecule has 1 aromatic carbocycles. The zero-order valence-electron chi connectivity index (χ0n) is 15.5. The van der Waals surface area contributed by atoms with E-state index in [2.05, 4.69) is 25.3 Å². The Morgan fingerprint density at radius 1 is 1.03 bits per heavy atom. The van der Waals surface area contributed by atoms with Gasteiger partial charge >= 0.3 is 17.9 Å². The van der Waals surface area contributed by atoms with Gasteiger partial charge in [-0.05, 0) is 25.0 Å². The second kappa shape index (κ2) is 10.7. The molecular formula is C20H25N5O5. The molecule has 4 rings (SSSR count). The first-order valence-electron chi connectivity index (χ1n) is 9.19. The summed E-state index contributed by atoms with van der Waals surface area (Å²) in [4.78, 5) is 34.5. The van der Waals surface area contributed by atoms with Crippen molar-refractivity contribution in [2.24, 2.45) is 0 Å². The molecule has 30 heavy (non-hydrogen) atoms. The smallest absolute Gasteiger partial charge is 0.414 e. The Labute approximate surface area is 173 Å². The highest BCUT2D eigenvalue weighted by atomic mass is 16.5. The summed E-state index contributed by atoms with van der Waals surface area (Å²) < 4.78 is 5.77. The van der Waals surface area contributed by atoms with Gasteiger partial charge in [0.15, 0.2) is 11.5 Å². The summed E-state index contributed by atoms with van der Waals surface area (Å²) in [7, 11) is 0. The molecule has 1 fully saturated rings. The van der Waals surface area contributed by atoms with E-state index in [1.807, 2.05) is 30.3 Å². The number of ether oxygens (including phenoxy) is 1. The van der Waals surface area contributed by atoms with Gasteiger partial charge in [-0.1, -0.05) is 44.9 Å². The number of carboxylic acid groups (broad SMARTS) is 2. The molecule has 0 amide bonds. The van der Waals surface area contributed by atoms with E-state index >= 15 is 0 Å². The number of anilines is 1. The molecule has 2 heterocycles. The second-order valence-corrected chi connectivity index (χ2v) is 6.46. The molecule has 3 aromatic rings. The van der Waals surface area contributed by atoms with Crippen molar-refractivity contribution in [3.05, 3.63) is 36.7 Å². The van der Waals surface area contributed by atoms with Crippen LogP contribution in [0.2, 0.25) is 0 Å². The highest BCUT2D eigenvalue weighted by Crippen LogP contribution is 2.27. The van der Waals surface area contributed by atoms with E-state index in [0.29, 0.717) is 23.4 Å². The van der Waals surface area contributed by atoms with Crippen LogP contribution in [0.15, 0.2) is 36.7 Å². The number of carbonyl (C=O) groups is 2. The van der Waals surface area contributed by atoms with Gasteiger partial charge in [0.2, 0.25) is 0 Å². The minimum atomic E-state index is -1.82. The topological polar surface area (TPSA) is 150 Å². The molecule has 0 atom stereocenters. The van der Waals surface area contributed by atoms with Crippen molar-refractivity contribution < 1.29 is 24.5 Å². The minimum Gasteiger partial charge on any atom is -0.473 e. The zero-order valence-corrected chi connectivity index (χ0v) is 15.5. The molecule has 4 N–H and O–H groups in total. The van der Waals surface area contributed by atoms with Gasteiger partial charge in [-0.2, -0.15) is 9.97 Å². The number of imidazole rings is 1. The first-order valence-corrected chi connectivity index (χ1v) is 9.19. The summed E-state index contributed by atoms with van der Waals surface area (Å²) in [6.07, 6.45) is 7.84. The molecule has 0 spiro atoms. The highest BCUT2D eigenvalue weighted by Gasteiger charge is 2.17. The van der Waals surface area contributed by atoms with Gasteiger partial charge < -0.3 is 25.3 Å². The molecule has 1 saturated carbocycles. The Balaban J connectivity index is 0.000000405. The molecule has 0 bridgehead atoms. The monoisotopic (exact) mass is 415 g/mol. The average Bonchev–Trinajstić information content (AvgIpc) is 3.19. The number of fused-ring (bicyclic) bond motifs is 1. The number of aromatic amines is 1. The lowest BCUT2D eigenvalue weighted by Crippen LogP contribution is -2.23. The summed E-state index contributed by atoms with van der Waals surface area (Å²) in [5.41, 5.74) is 1.44. The van der Waals surface area contributed by atoms with E-state index in [1.54, 1.807) is 6.33 Å². The molecule has 0 unspecified atom stereocenters. The van der Waals surface area contributed by atoms with Crippen LogP contribution in [0.1, 0.15) is 39.5 Å². The molecule has 0 aliphatic heterocycles. The van der Waals surface area contributed by atoms with E-state index in [-0.39, 0.29) is 7.43 Å². The zero-order chi connectivity index (χ0) is 20.6. The lowest BCUT2D eigenvalue weighted by atomic mass is 9.95. The largest absolute Gasteiger partial charge is 0.473 e. The molecule has 0 radical (unpaired) electrons. The molecule has 160 valence electrons. The molecule has 2 aromatic heterocycles. The third-order valence-electron chi connectivity index (χ3n) is 4.35. The van der Waals surface area contributed by atoms with Crippen molar-refractivity contribution in [2.75, 3.05) is 5.32 Å². The Kier molecular flexibility index (Phi) is 8.09. The van der Waals surface area contributed by atoms with Crippen molar-refractivity contribution >= 4 is 28.9 Å². The number of carboxylic acids is 2. The number of aromatic nitrogens is 4. The highest BCUT2D eigenvalue weighted by molar-refractivity contribution is 6.27. The van der Waals surface area contributed by atoms with Crippen LogP contribution in [-0.4, -0.2) is 48.1 Å². The maximum Gasteiger partial charge on any atom is 0.414 e. The maximum atomic E-state index is 9.10. The third kappa shape index (κ3) is 6.16. The van der Waals surface area contributed by atoms with Crippen molar-refractivity contribution in [1.82, 2.24) is 19.9 Å². The van der Waals surface area contributed by atoms with Crippen LogP contribution in [0.25, 0.3) is 11.2 Å². The van der Waals surface area contributed by atoms with Gasteiger partial charge in [0, 0.05) is 6.04 Å². The van der Waals surface area contributed by atoms with Crippen LogP contribution in [0, 0.1) is 0 Å². The van der Waals surface area contributed by atoms with E-state index in [4.69, 9.17) is 24.5 Å². The van der Waals surface area contributed by atoms with Crippen LogP contribution >= 0.6 is 0 Å². The lowest BCUT2D eigenvalue weighted by Gasteiger charge is -2.23. The van der Waals surface area contributed by atoms with Crippen LogP contribution in [0.4, 0.5) is 5.82 Å². The van der Waals surface area contributed by atoms with Crippen molar-refractivity contribution in [1.29, 1.82) is 0 Å². The van der Waals surface area contributed by atoms with Gasteiger partial charge in [0.25, 0.3) is 0 Å². The quantitative estimate of drug-likeness (QED) is 0.468. The molecule has 10 nitrogen and oxygen atoms in total. The van der Waals surface area contributed by atoms with E-state index in [9.17, 15) is 0 Å². The predicted molar refractivity (Wildman–Crippen MR) is 111 cm³/mol. The van der Waals surface area contributed by atoms with Gasteiger partial charge in [0.1, 0.15) is 11.3 Å². The standard InChI is InChI=1S/C17H19N5O.C2H2O4.CH4/c1-3-7-12(8-4-1)20-16-14-15(19-11-18-14)21-17(22-16)23-13-9-5-2-6-10-13;3-1(4)2(5)6;/h2,5-6,9-12H,1,3-4,7-8H2,(H2,18,19,20,21,22);(H,3,4)(H,5,6);1H4. The van der Waals surface area contributed by atoms with Crippen LogP contribution in [0.3, 0.4) is 0 Å². The van der Waals surface area contributed by atoms with Crippen molar-refractivity contribution in [2.45, 2.75) is 45.6 Å². The van der Waals surface area contributed by atoms with Crippen LogP contribution in [0.5, 0.6) is 11.8 Å². The summed E-state index contributed by atoms with van der Waals surface area (Å²) in [5.74, 6) is -2.17. The predicted octanol–water partition coefficient (Wildman–Crippen LogP) is 3.68. The third-order valence-corrected chi connectivity index (χ3v) is 4.35. The van der Waals surface area contributed by atoms with Gasteiger partial charge in [0.05, 0.1) is 6.33 Å². The van der Waals surface area contributed by atoms with E-state index in [1.165, 1.54) is 32.1 Å². The number of aliphatic carboxylic acids is 2. The summed E-state index contributed by atoms with van der Waals surface area (Å²) in [6, 6.07) is 10.3. The SMILES string of the molecule is C.O=C(O)C(=O)O.c1ccc(Oc2nc(NC3CCCCC3)c3[nH]cnc3n2)cc1. The van der Waals surface area contributed by atoms with Gasteiger partial charge in [-0.25, -0.2) is 14.6 Å². The number of rotatable bonds is 4. The first-order chi connectivity index (χ1) is 14.0. The Bertz CT molecular complexity index is 958. The molecule has 1 aliphatic rings. The van der Waals surface area contributed by atoms with Gasteiger partial charge in [-0.15, -0.1) is 0 Å². The maximum absolute atomic E-state index is 9.10. The summed E-state index contributed by atoms with van der Waals surface area (Å²) in [6.45, 7) is 0. The fraction of sp³-hybridized carbons (Fsp3) is 0.350. The molecular weight excluding hydrogens is 390 g/mol. The number of para-hydroxylation sites is 1. The Hall–Kier alpha value is -3.69. The van der Waals surface area contributed by atoms with Crippen molar-refractivity contribution in [3.8, 4) is 11.8 Å². The summed E-state index contributed by atoms with van der Waals surface area (Å²) >= 11 is 0. The van der Waals surface area contributed by atoms with E-state index < -0.39 is 11.9 Å². The molecule has 1 aliphatic carbocycles. The first kappa shape index (κ1) is 22.6. The van der Waals surface area contributed by atoms with Crippen LogP contribution < -0.4 is 10.1 Å². The Morgan fingerprint density at radius 2 is 1.70 bits per heavy atom. The molecule has 0 saturated heterocycles. The van der Waals surface area contributed by atoms with Crippen LogP contribution in [-0.2, 0) is 9.59 Å². The number of H-pyrrole nitrogens is 1. The second-order valence-electron chi connectivity index (χ2n) is 6.46. The normalized spacial score (nSPS) is 13.5. The number of hydrogen-bond donors (Lipinski definition) is 4. The minimum absolute atomic E-state index is 0. The molecule has 10 heteroatoms. The summed E-state index contributed by atoms with van der Waals surface area (Å²) in [5, 5.41) is 18.3. The lowest BCUT2D eigenvalue weighted by molar-refractivity contribution is -0.159. The van der Waals surface area contributed by atoms with E-state index in [0.717, 1.165) is 11.3 Å². The van der Waals surface area contributed by atoms with Crippen molar-refractivity contribution in [3.63, 3.8) is 0 Å². The number of nitrogens with zero attached hydrogens (tertiary/aromatic N) is 3. The van der Waals surface area contributed by atoms with Gasteiger partial charge in [-0.3, -0.25) is 0 Å². The fourth-order valence-electron chi connectivity index (χ4n) is 3.00. The fourth-order valence-corrected chi connectivity index (χ4v) is 3.00.